The van der Waals surface area contributed by atoms with E-state index < -0.39 is 0 Å². The molecule has 0 aliphatic carbocycles. The number of hydrogen-bond acceptors (Lipinski definition) is 4. The minimum Gasteiger partial charge on any atom is -0.340 e. The number of hydrogen-bond donors (Lipinski definition) is 1. The van der Waals surface area contributed by atoms with Crippen LogP contribution >= 0.6 is 0 Å². The van der Waals surface area contributed by atoms with E-state index in [0.29, 0.717) is 11.8 Å². The molecule has 2 radical (unpaired) electrons. The molecule has 0 unspecified atom stereocenters. The highest BCUT2D eigenvalue weighted by Crippen LogP contribution is 2.21. The molecule has 1 aromatic rings. The van der Waals surface area contributed by atoms with Crippen LogP contribution in [0.2, 0.25) is 0 Å². The Morgan fingerprint density at radius 1 is 1.42 bits per heavy atom. The lowest BCUT2D eigenvalue weighted by atomic mass is 9.98. The first-order valence-corrected chi connectivity index (χ1v) is 4.16. The second-order valence-electron chi connectivity index (χ2n) is 3.02. The van der Waals surface area contributed by atoms with Gasteiger partial charge in [0, 0.05) is 5.92 Å². The molecule has 62 valence electrons. The summed E-state index contributed by atoms with van der Waals surface area (Å²) in [7, 11) is 5.35. The third kappa shape index (κ3) is 1.50. The lowest BCUT2D eigenvalue weighted by Gasteiger charge is -2.18. The third-order valence-corrected chi connectivity index (χ3v) is 2.15. The molecule has 0 spiro atoms. The summed E-state index contributed by atoms with van der Waals surface area (Å²) in [6.07, 6.45) is 2.11. The first kappa shape index (κ1) is 7.80. The fraction of sp³-hybridized carbons (Fsp3) is 0.714. The van der Waals surface area contributed by atoms with Crippen LogP contribution in [-0.4, -0.2) is 31.1 Å². The van der Waals surface area contributed by atoms with Gasteiger partial charge in [0.05, 0.1) is 0 Å². The van der Waals surface area contributed by atoms with Crippen LogP contribution in [0, 0.1) is 0 Å². The van der Waals surface area contributed by atoms with Crippen LogP contribution in [0.3, 0.4) is 0 Å². The van der Waals surface area contributed by atoms with Crippen molar-refractivity contribution in [1.82, 2.24) is 15.5 Å². The predicted molar refractivity (Wildman–Crippen MR) is 44.5 cm³/mol. The van der Waals surface area contributed by atoms with Crippen LogP contribution in [0.5, 0.6) is 0 Å². The van der Waals surface area contributed by atoms with Gasteiger partial charge in [-0.25, -0.2) is 4.98 Å². The molecule has 1 fully saturated rings. The summed E-state index contributed by atoms with van der Waals surface area (Å²) in [5, 5.41) is 6.83. The average molecular weight is 163 g/mol. The summed E-state index contributed by atoms with van der Waals surface area (Å²) in [5.74, 6) is 1.09. The summed E-state index contributed by atoms with van der Waals surface area (Å²) >= 11 is 0. The number of rotatable bonds is 1. The summed E-state index contributed by atoms with van der Waals surface area (Å²) in [6.45, 7) is 2.04. The predicted octanol–water partition coefficient (Wildman–Crippen LogP) is -0.670. The maximum absolute atomic E-state index is 5.35. The molecule has 1 saturated heterocycles. The molecule has 1 aliphatic heterocycles. The molecule has 5 heteroatoms. The summed E-state index contributed by atoms with van der Waals surface area (Å²) < 4.78 is 4.99. The Bertz CT molecular complexity index is 257. The van der Waals surface area contributed by atoms with Gasteiger partial charge in [-0.3, -0.25) is 0 Å². The van der Waals surface area contributed by atoms with Crippen LogP contribution in [0.4, 0.5) is 0 Å². The molecule has 1 N–H and O–H groups in total. The average Bonchev–Trinajstić information content (AvgIpc) is 2.54. The molecule has 2 heterocycles. The van der Waals surface area contributed by atoms with Crippen LogP contribution < -0.4 is 11.0 Å². The minimum absolute atomic E-state index is 0.239. The van der Waals surface area contributed by atoms with E-state index in [9.17, 15) is 0 Å². The summed E-state index contributed by atoms with van der Waals surface area (Å²) in [4.78, 5) is 4.01. The van der Waals surface area contributed by atoms with E-state index >= 15 is 0 Å². The fourth-order valence-electron chi connectivity index (χ4n) is 1.48. The zero-order valence-electron chi connectivity index (χ0n) is 6.79. The molecule has 12 heavy (non-hydrogen) atoms. The van der Waals surface area contributed by atoms with Gasteiger partial charge in [0.1, 0.15) is 5.72 Å². The van der Waals surface area contributed by atoms with Crippen molar-refractivity contribution in [1.29, 1.82) is 0 Å². The topological polar surface area (TPSA) is 51.0 Å². The highest BCUT2D eigenvalue weighted by Gasteiger charge is 2.19. The molecule has 0 bridgehead atoms. The Morgan fingerprint density at radius 3 is 2.75 bits per heavy atom. The first-order valence-electron chi connectivity index (χ1n) is 4.16. The number of piperidine rings is 1. The second kappa shape index (κ2) is 3.27. The van der Waals surface area contributed by atoms with Crippen molar-refractivity contribution in [2.45, 2.75) is 18.8 Å². The molecule has 2 rings (SSSR count). The number of aromatic nitrogens is 2. The van der Waals surface area contributed by atoms with E-state index in [4.69, 9.17) is 12.4 Å². The molecule has 0 atom stereocenters. The maximum Gasteiger partial charge on any atom is 0.228 e. The monoisotopic (exact) mass is 163 g/mol. The summed E-state index contributed by atoms with van der Waals surface area (Å²) in [6, 6.07) is 0. The van der Waals surface area contributed by atoms with Crippen LogP contribution in [0.25, 0.3) is 0 Å². The van der Waals surface area contributed by atoms with Gasteiger partial charge in [-0.15, -0.1) is 0 Å². The van der Waals surface area contributed by atoms with E-state index in [1.165, 1.54) is 0 Å². The van der Waals surface area contributed by atoms with Crippen molar-refractivity contribution in [3.05, 3.63) is 5.89 Å². The largest absolute Gasteiger partial charge is 0.340 e. The minimum atomic E-state index is 0.239. The smallest absolute Gasteiger partial charge is 0.228 e. The lowest BCUT2D eigenvalue weighted by Crippen LogP contribution is -2.27. The van der Waals surface area contributed by atoms with Gasteiger partial charge in [-0.2, -0.15) is 0 Å². The van der Waals surface area contributed by atoms with Gasteiger partial charge in [-0.05, 0) is 25.9 Å². The van der Waals surface area contributed by atoms with Crippen molar-refractivity contribution in [2.75, 3.05) is 13.1 Å². The van der Waals surface area contributed by atoms with Crippen molar-refractivity contribution >= 4 is 13.6 Å². The molecular formula is C7H10BN3O. The Balaban J connectivity index is 2.08. The van der Waals surface area contributed by atoms with Gasteiger partial charge < -0.3 is 9.84 Å². The van der Waals surface area contributed by atoms with Gasteiger partial charge in [0.15, 0.2) is 7.85 Å². The molecule has 0 aromatic carbocycles. The number of nitrogens with zero attached hydrogens (tertiary/aromatic N) is 2. The van der Waals surface area contributed by atoms with E-state index in [1.54, 1.807) is 0 Å². The normalized spacial score (nSPS) is 19.7. The third-order valence-electron chi connectivity index (χ3n) is 2.15. The maximum atomic E-state index is 5.35. The zero-order chi connectivity index (χ0) is 8.39. The van der Waals surface area contributed by atoms with Gasteiger partial charge in [-0.1, -0.05) is 5.16 Å². The Kier molecular flexibility index (Phi) is 2.12. The van der Waals surface area contributed by atoms with Gasteiger partial charge >= 0.3 is 0 Å². The van der Waals surface area contributed by atoms with Gasteiger partial charge in [0.2, 0.25) is 5.89 Å². The lowest BCUT2D eigenvalue weighted by molar-refractivity contribution is 0.321. The molecule has 0 amide bonds. The highest BCUT2D eigenvalue weighted by molar-refractivity contribution is 6.28. The Labute approximate surface area is 72.1 Å². The highest BCUT2D eigenvalue weighted by atomic mass is 16.5. The Hall–Kier alpha value is -0.835. The Morgan fingerprint density at radius 2 is 2.17 bits per heavy atom. The van der Waals surface area contributed by atoms with E-state index in [0.717, 1.165) is 25.9 Å². The van der Waals surface area contributed by atoms with E-state index in [2.05, 4.69) is 15.5 Å². The van der Waals surface area contributed by atoms with E-state index in [1.807, 2.05) is 0 Å². The van der Waals surface area contributed by atoms with Crippen molar-refractivity contribution in [3.8, 4) is 0 Å². The summed E-state index contributed by atoms with van der Waals surface area (Å²) in [5.41, 5.74) is 0.239. The second-order valence-corrected chi connectivity index (χ2v) is 3.02. The fourth-order valence-corrected chi connectivity index (χ4v) is 1.48. The van der Waals surface area contributed by atoms with Crippen LogP contribution in [-0.2, 0) is 0 Å². The van der Waals surface area contributed by atoms with Crippen molar-refractivity contribution < 1.29 is 4.52 Å². The molecule has 0 saturated carbocycles. The standard InChI is InChI=1S/C7H10BN3O/c8-7-10-6(12-11-7)5-1-3-9-4-2-5/h5,9H,1-4H2. The zero-order valence-corrected chi connectivity index (χ0v) is 6.79. The van der Waals surface area contributed by atoms with Crippen LogP contribution in [0.1, 0.15) is 24.7 Å². The number of nitrogens with one attached hydrogen (secondary N) is 1. The SMILES string of the molecule is [B]c1noc(C2CCNCC2)n1. The van der Waals surface area contributed by atoms with Crippen LogP contribution in [0.15, 0.2) is 4.52 Å². The van der Waals surface area contributed by atoms with Crippen molar-refractivity contribution in [2.24, 2.45) is 0 Å². The van der Waals surface area contributed by atoms with E-state index in [-0.39, 0.29) is 5.72 Å². The molecule has 4 nitrogen and oxygen atoms in total. The first-order chi connectivity index (χ1) is 5.86. The van der Waals surface area contributed by atoms with Gasteiger partial charge in [0.25, 0.3) is 0 Å². The molecule has 1 aromatic heterocycles. The molecular weight excluding hydrogens is 153 g/mol. The quantitative estimate of drug-likeness (QED) is 0.558. The van der Waals surface area contributed by atoms with Crippen molar-refractivity contribution in [3.63, 3.8) is 0 Å². The molecule has 1 aliphatic rings.